The number of hydrogen-bond donors (Lipinski definition) is 2. The quantitative estimate of drug-likeness (QED) is 0.519. The number of hydrogen-bond acceptors (Lipinski definition) is 5. The van der Waals surface area contributed by atoms with Gasteiger partial charge in [0.1, 0.15) is 5.75 Å². The molecule has 142 valence electrons. The molecule has 0 aliphatic heterocycles. The van der Waals surface area contributed by atoms with Crippen LogP contribution >= 0.6 is 11.6 Å². The normalized spacial score (nSPS) is 10.9. The Kier molecular flexibility index (Phi) is 4.99. The second kappa shape index (κ2) is 7.74. The van der Waals surface area contributed by atoms with E-state index in [0.29, 0.717) is 35.5 Å². The van der Waals surface area contributed by atoms with Gasteiger partial charge in [0.05, 0.1) is 18.8 Å². The third kappa shape index (κ3) is 3.84. The van der Waals surface area contributed by atoms with E-state index in [1.807, 2.05) is 43.3 Å². The lowest BCUT2D eigenvalue weighted by Crippen LogP contribution is -2.17. The Morgan fingerprint density at radius 1 is 1.11 bits per heavy atom. The molecule has 0 aliphatic carbocycles. The first-order valence-electron chi connectivity index (χ1n) is 8.84. The zero-order valence-electron chi connectivity index (χ0n) is 15.1. The molecule has 0 bridgehead atoms. The molecule has 4 aromatic rings. The van der Waals surface area contributed by atoms with Gasteiger partial charge < -0.3 is 10.1 Å². The van der Waals surface area contributed by atoms with Crippen molar-refractivity contribution in [2.45, 2.75) is 13.5 Å². The fraction of sp³-hybridized carbons (Fsp3) is 0.150. The summed E-state index contributed by atoms with van der Waals surface area (Å²) in [5.74, 6) is 1.69. The first-order valence-corrected chi connectivity index (χ1v) is 9.21. The van der Waals surface area contributed by atoms with Crippen molar-refractivity contribution in [3.05, 3.63) is 75.7 Å². The van der Waals surface area contributed by atoms with Crippen molar-refractivity contribution in [1.82, 2.24) is 19.6 Å². The molecule has 0 atom stereocenters. The lowest BCUT2D eigenvalue weighted by atomic mass is 10.2. The van der Waals surface area contributed by atoms with E-state index in [0.717, 1.165) is 17.0 Å². The molecule has 0 unspecified atom stereocenters. The van der Waals surface area contributed by atoms with Crippen LogP contribution in [0.5, 0.6) is 5.75 Å². The van der Waals surface area contributed by atoms with Gasteiger partial charge >= 0.3 is 0 Å². The Morgan fingerprint density at radius 3 is 2.57 bits per heavy atom. The Hall–Kier alpha value is -3.32. The van der Waals surface area contributed by atoms with Crippen molar-refractivity contribution < 1.29 is 4.74 Å². The number of nitrogens with zero attached hydrogens (tertiary/aromatic N) is 3. The van der Waals surface area contributed by atoms with E-state index in [4.69, 9.17) is 16.3 Å². The van der Waals surface area contributed by atoms with Gasteiger partial charge in [0.2, 0.25) is 0 Å². The maximum Gasteiger partial charge on any atom is 0.274 e. The Bertz CT molecular complexity index is 1150. The largest absolute Gasteiger partial charge is 0.494 e. The lowest BCUT2D eigenvalue weighted by molar-refractivity contribution is 0.340. The van der Waals surface area contributed by atoms with Crippen molar-refractivity contribution in [3.8, 4) is 17.1 Å². The number of anilines is 1. The van der Waals surface area contributed by atoms with Crippen LogP contribution in [0.3, 0.4) is 0 Å². The maximum absolute atomic E-state index is 12.4. The van der Waals surface area contributed by atoms with Crippen molar-refractivity contribution in [3.63, 3.8) is 0 Å². The number of fused-ring (bicyclic) bond motifs is 1. The number of benzene rings is 2. The van der Waals surface area contributed by atoms with Gasteiger partial charge in [-0.15, -0.1) is 0 Å². The summed E-state index contributed by atoms with van der Waals surface area (Å²) in [5, 5.41) is 6.86. The molecule has 0 aliphatic rings. The van der Waals surface area contributed by atoms with Crippen LogP contribution in [0.2, 0.25) is 5.02 Å². The molecule has 0 amide bonds. The Labute approximate surface area is 166 Å². The summed E-state index contributed by atoms with van der Waals surface area (Å²) in [7, 11) is 0. The summed E-state index contributed by atoms with van der Waals surface area (Å²) in [6, 6.07) is 16.3. The van der Waals surface area contributed by atoms with Gasteiger partial charge in [0.15, 0.2) is 5.82 Å². The third-order valence-corrected chi connectivity index (χ3v) is 4.39. The highest BCUT2D eigenvalue weighted by Crippen LogP contribution is 2.19. The Balaban J connectivity index is 1.55. The van der Waals surface area contributed by atoms with Gasteiger partial charge in [-0.1, -0.05) is 11.6 Å². The van der Waals surface area contributed by atoms with Crippen molar-refractivity contribution in [1.29, 1.82) is 0 Å². The van der Waals surface area contributed by atoms with Crippen LogP contribution in [0.1, 0.15) is 12.6 Å². The molecule has 0 spiro atoms. The average molecular weight is 396 g/mol. The van der Waals surface area contributed by atoms with Crippen LogP contribution in [0, 0.1) is 0 Å². The summed E-state index contributed by atoms with van der Waals surface area (Å²) in [5.41, 5.74) is 2.12. The molecular weight excluding hydrogens is 378 g/mol. The zero-order valence-corrected chi connectivity index (χ0v) is 15.9. The SMILES string of the molecule is CCOc1ccc(NCc2cc(=O)n3[nH]c(-c4ccc(Cl)cc4)nc3n2)cc1. The molecule has 0 saturated heterocycles. The summed E-state index contributed by atoms with van der Waals surface area (Å²) >= 11 is 5.92. The van der Waals surface area contributed by atoms with Gasteiger partial charge in [-0.2, -0.15) is 9.50 Å². The molecule has 2 aromatic carbocycles. The minimum absolute atomic E-state index is 0.221. The molecule has 28 heavy (non-hydrogen) atoms. The van der Waals surface area contributed by atoms with E-state index >= 15 is 0 Å². The molecule has 0 saturated carbocycles. The van der Waals surface area contributed by atoms with Crippen LogP contribution < -0.4 is 15.6 Å². The number of ether oxygens (including phenoxy) is 1. The van der Waals surface area contributed by atoms with Gasteiger partial charge in [-0.05, 0) is 55.5 Å². The van der Waals surface area contributed by atoms with Gasteiger partial charge in [-0.3, -0.25) is 9.89 Å². The predicted molar refractivity (Wildman–Crippen MR) is 109 cm³/mol. The van der Waals surface area contributed by atoms with Crippen molar-refractivity contribution >= 4 is 23.1 Å². The highest BCUT2D eigenvalue weighted by molar-refractivity contribution is 6.30. The summed E-state index contributed by atoms with van der Waals surface area (Å²) in [6.45, 7) is 2.98. The van der Waals surface area contributed by atoms with Gasteiger partial charge in [-0.25, -0.2) is 4.98 Å². The zero-order chi connectivity index (χ0) is 19.5. The number of rotatable bonds is 6. The molecule has 7 nitrogen and oxygen atoms in total. The number of nitrogens with one attached hydrogen (secondary N) is 2. The number of H-pyrrole nitrogens is 1. The van der Waals surface area contributed by atoms with E-state index in [9.17, 15) is 4.79 Å². The standard InChI is InChI=1S/C20H18ClN5O2/c1-2-28-17-9-7-15(8-10-17)22-12-16-11-18(27)26-20(23-16)24-19(25-26)13-3-5-14(21)6-4-13/h3-11,22H,2,12H2,1H3,(H,23,24,25). The molecule has 0 fully saturated rings. The van der Waals surface area contributed by atoms with Gasteiger partial charge in [0, 0.05) is 22.3 Å². The number of aromatic nitrogens is 4. The molecule has 2 heterocycles. The smallest absolute Gasteiger partial charge is 0.274 e. The van der Waals surface area contributed by atoms with Crippen molar-refractivity contribution in [2.75, 3.05) is 11.9 Å². The summed E-state index contributed by atoms with van der Waals surface area (Å²) in [4.78, 5) is 21.3. The van der Waals surface area contributed by atoms with E-state index in [1.165, 1.54) is 10.6 Å². The van der Waals surface area contributed by atoms with E-state index in [1.54, 1.807) is 12.1 Å². The number of halogens is 1. The fourth-order valence-corrected chi connectivity index (χ4v) is 2.91. The summed E-state index contributed by atoms with van der Waals surface area (Å²) < 4.78 is 6.75. The molecular formula is C20H18ClN5O2. The maximum atomic E-state index is 12.4. The topological polar surface area (TPSA) is 84.3 Å². The fourth-order valence-electron chi connectivity index (χ4n) is 2.78. The van der Waals surface area contributed by atoms with Crippen LogP contribution in [0.15, 0.2) is 59.4 Å². The molecule has 4 rings (SSSR count). The van der Waals surface area contributed by atoms with Crippen LogP contribution in [0.4, 0.5) is 5.69 Å². The second-order valence-electron chi connectivity index (χ2n) is 6.11. The molecule has 2 aromatic heterocycles. The molecule has 0 radical (unpaired) electrons. The highest BCUT2D eigenvalue weighted by Gasteiger charge is 2.10. The van der Waals surface area contributed by atoms with E-state index < -0.39 is 0 Å². The number of aromatic amines is 1. The van der Waals surface area contributed by atoms with Crippen LogP contribution in [0.25, 0.3) is 17.2 Å². The molecule has 2 N–H and O–H groups in total. The van der Waals surface area contributed by atoms with Crippen LogP contribution in [-0.4, -0.2) is 26.2 Å². The van der Waals surface area contributed by atoms with Crippen molar-refractivity contribution in [2.24, 2.45) is 0 Å². The Morgan fingerprint density at radius 2 is 1.86 bits per heavy atom. The predicted octanol–water partition coefficient (Wildman–Crippen LogP) is 3.75. The van der Waals surface area contributed by atoms with Gasteiger partial charge in [0.25, 0.3) is 11.3 Å². The minimum Gasteiger partial charge on any atom is -0.494 e. The van der Waals surface area contributed by atoms with E-state index in [2.05, 4.69) is 20.4 Å². The second-order valence-corrected chi connectivity index (χ2v) is 6.55. The molecule has 8 heteroatoms. The minimum atomic E-state index is -0.221. The monoisotopic (exact) mass is 395 g/mol. The third-order valence-electron chi connectivity index (χ3n) is 4.14. The first kappa shape index (κ1) is 18.1. The van der Waals surface area contributed by atoms with Crippen LogP contribution in [-0.2, 0) is 6.54 Å². The average Bonchev–Trinajstić information content (AvgIpc) is 3.13. The highest BCUT2D eigenvalue weighted by atomic mass is 35.5. The van der Waals surface area contributed by atoms with E-state index in [-0.39, 0.29) is 5.56 Å². The summed E-state index contributed by atoms with van der Waals surface area (Å²) in [6.07, 6.45) is 0. The first-order chi connectivity index (χ1) is 13.6. The lowest BCUT2D eigenvalue weighted by Gasteiger charge is -2.07.